The van der Waals surface area contributed by atoms with Gasteiger partial charge in [0, 0.05) is 39.2 Å². The van der Waals surface area contributed by atoms with Crippen LogP contribution in [0.15, 0.2) is 23.2 Å². The van der Waals surface area contributed by atoms with Gasteiger partial charge in [-0.1, -0.05) is 17.7 Å². The van der Waals surface area contributed by atoms with Crippen LogP contribution in [0.3, 0.4) is 0 Å². The lowest BCUT2D eigenvalue weighted by atomic mass is 10.1. The number of carbonyl (C=O) groups excluding carboxylic acids is 1. The fourth-order valence-electron chi connectivity index (χ4n) is 2.06. The Labute approximate surface area is 147 Å². The summed E-state index contributed by atoms with van der Waals surface area (Å²) < 4.78 is 29.6. The Hall–Kier alpha value is -2.38. The number of hydrogen-bond donors (Lipinski definition) is 2. The van der Waals surface area contributed by atoms with Gasteiger partial charge in [-0.3, -0.25) is 4.79 Å². The number of guanidine groups is 1. The van der Waals surface area contributed by atoms with Crippen LogP contribution in [0.2, 0.25) is 0 Å². The van der Waals surface area contributed by atoms with Crippen LogP contribution in [0.1, 0.15) is 24.5 Å². The van der Waals surface area contributed by atoms with Gasteiger partial charge in [-0.25, -0.2) is 4.99 Å². The summed E-state index contributed by atoms with van der Waals surface area (Å²) in [6, 6.07) is 4.99. The van der Waals surface area contributed by atoms with Crippen LogP contribution in [0.5, 0.6) is 5.75 Å². The first-order valence-corrected chi connectivity index (χ1v) is 8.10. The van der Waals surface area contributed by atoms with Gasteiger partial charge in [-0.2, -0.15) is 8.78 Å². The molecule has 0 radical (unpaired) electrons. The molecule has 1 aromatic carbocycles. The summed E-state index contributed by atoms with van der Waals surface area (Å²) in [6.07, 6.45) is 0.335. The molecule has 0 bridgehead atoms. The van der Waals surface area contributed by atoms with Crippen molar-refractivity contribution in [2.45, 2.75) is 33.4 Å². The molecule has 0 heterocycles. The van der Waals surface area contributed by atoms with Gasteiger partial charge in [0.1, 0.15) is 5.75 Å². The highest BCUT2D eigenvalue weighted by Crippen LogP contribution is 2.22. The van der Waals surface area contributed by atoms with E-state index < -0.39 is 6.61 Å². The summed E-state index contributed by atoms with van der Waals surface area (Å²) in [4.78, 5) is 17.5. The van der Waals surface area contributed by atoms with Crippen LogP contribution in [0.4, 0.5) is 8.78 Å². The molecule has 140 valence electrons. The van der Waals surface area contributed by atoms with E-state index in [1.807, 2.05) is 13.8 Å². The van der Waals surface area contributed by atoms with Crippen molar-refractivity contribution >= 4 is 11.9 Å². The maximum absolute atomic E-state index is 12.5. The zero-order valence-electron chi connectivity index (χ0n) is 15.1. The minimum absolute atomic E-state index is 0.00894. The number of rotatable bonds is 8. The molecule has 0 aliphatic rings. The van der Waals surface area contributed by atoms with Gasteiger partial charge in [-0.05, 0) is 19.9 Å². The smallest absolute Gasteiger partial charge is 0.387 e. The molecule has 0 atom stereocenters. The van der Waals surface area contributed by atoms with Crippen LogP contribution in [0, 0.1) is 6.92 Å². The van der Waals surface area contributed by atoms with Crippen LogP contribution < -0.4 is 15.4 Å². The summed E-state index contributed by atoms with van der Waals surface area (Å²) in [6.45, 7) is 2.16. The zero-order valence-corrected chi connectivity index (χ0v) is 15.1. The number of ether oxygens (including phenoxy) is 1. The Morgan fingerprint density at radius 3 is 2.64 bits per heavy atom. The van der Waals surface area contributed by atoms with Crippen molar-refractivity contribution in [3.63, 3.8) is 0 Å². The van der Waals surface area contributed by atoms with Crippen molar-refractivity contribution in [1.29, 1.82) is 0 Å². The van der Waals surface area contributed by atoms with Gasteiger partial charge in [-0.15, -0.1) is 0 Å². The Bertz CT molecular complexity index is 592. The van der Waals surface area contributed by atoms with Crippen molar-refractivity contribution in [1.82, 2.24) is 15.5 Å². The number of aliphatic imine (C=N–C) groups is 1. The summed E-state index contributed by atoms with van der Waals surface area (Å²) in [5, 5.41) is 6.11. The molecule has 1 aromatic rings. The molecular weight excluding hydrogens is 330 g/mol. The Kier molecular flexibility index (Phi) is 8.66. The van der Waals surface area contributed by atoms with Crippen molar-refractivity contribution in [3.05, 3.63) is 29.3 Å². The third-order valence-corrected chi connectivity index (χ3v) is 3.31. The lowest BCUT2D eigenvalue weighted by molar-refractivity contribution is -0.128. The van der Waals surface area contributed by atoms with Gasteiger partial charge in [0.05, 0.1) is 6.54 Å². The van der Waals surface area contributed by atoms with E-state index in [0.29, 0.717) is 31.0 Å². The number of hydrogen-bond acceptors (Lipinski definition) is 3. The number of benzene rings is 1. The number of alkyl halides is 2. The Morgan fingerprint density at radius 1 is 1.32 bits per heavy atom. The molecule has 6 nitrogen and oxygen atoms in total. The lowest BCUT2D eigenvalue weighted by Crippen LogP contribution is -2.39. The third-order valence-electron chi connectivity index (χ3n) is 3.31. The molecule has 0 unspecified atom stereocenters. The molecule has 0 aliphatic heterocycles. The van der Waals surface area contributed by atoms with E-state index in [1.165, 1.54) is 11.0 Å². The maximum Gasteiger partial charge on any atom is 0.387 e. The van der Waals surface area contributed by atoms with Gasteiger partial charge < -0.3 is 20.3 Å². The van der Waals surface area contributed by atoms with Crippen molar-refractivity contribution in [3.8, 4) is 5.75 Å². The van der Waals surface area contributed by atoms with E-state index in [0.717, 1.165) is 5.56 Å². The number of amides is 1. The number of carbonyl (C=O) groups is 1. The molecule has 0 saturated carbocycles. The lowest BCUT2D eigenvalue weighted by Gasteiger charge is -2.14. The van der Waals surface area contributed by atoms with E-state index in [9.17, 15) is 13.6 Å². The second-order valence-electron chi connectivity index (χ2n) is 5.65. The van der Waals surface area contributed by atoms with Gasteiger partial charge in [0.25, 0.3) is 0 Å². The molecule has 0 aromatic heterocycles. The molecule has 25 heavy (non-hydrogen) atoms. The van der Waals surface area contributed by atoms with Gasteiger partial charge >= 0.3 is 6.61 Å². The molecule has 0 aliphatic carbocycles. The SMILES string of the molecule is CCNC(=NCc1cc(C)ccc1OC(F)F)NCCC(=O)N(C)C. The van der Waals surface area contributed by atoms with Gasteiger partial charge in [0.15, 0.2) is 5.96 Å². The van der Waals surface area contributed by atoms with Gasteiger partial charge in [0.2, 0.25) is 5.91 Å². The molecular formula is C17H26F2N4O2. The summed E-state index contributed by atoms with van der Waals surface area (Å²) in [5.74, 6) is 0.635. The monoisotopic (exact) mass is 356 g/mol. The van der Waals surface area contributed by atoms with Crippen LogP contribution in [-0.2, 0) is 11.3 Å². The molecule has 0 spiro atoms. The summed E-state index contributed by atoms with van der Waals surface area (Å²) in [5.41, 5.74) is 1.50. The fourth-order valence-corrected chi connectivity index (χ4v) is 2.06. The highest BCUT2D eigenvalue weighted by atomic mass is 19.3. The predicted octanol–water partition coefficient (Wildman–Crippen LogP) is 2.13. The average Bonchev–Trinajstić information content (AvgIpc) is 2.54. The Balaban J connectivity index is 2.76. The molecule has 2 N–H and O–H groups in total. The minimum atomic E-state index is -2.88. The van der Waals surface area contributed by atoms with E-state index in [2.05, 4.69) is 20.4 Å². The number of nitrogens with one attached hydrogen (secondary N) is 2. The zero-order chi connectivity index (χ0) is 18.8. The second-order valence-corrected chi connectivity index (χ2v) is 5.65. The minimum Gasteiger partial charge on any atom is -0.434 e. The van der Waals surface area contributed by atoms with Crippen LogP contribution in [0.25, 0.3) is 0 Å². The summed E-state index contributed by atoms with van der Waals surface area (Å²) >= 11 is 0. The fraction of sp³-hybridized carbons (Fsp3) is 0.529. The highest BCUT2D eigenvalue weighted by Gasteiger charge is 2.10. The molecule has 0 fully saturated rings. The first-order chi connectivity index (χ1) is 11.8. The molecule has 0 saturated heterocycles. The van der Waals surface area contributed by atoms with E-state index in [4.69, 9.17) is 0 Å². The molecule has 1 amide bonds. The first-order valence-electron chi connectivity index (χ1n) is 8.10. The standard InChI is InChI=1S/C17H26F2N4O2/c1-5-20-17(21-9-8-15(24)23(3)4)22-11-13-10-12(2)6-7-14(13)25-16(18)19/h6-7,10,16H,5,8-9,11H2,1-4H3,(H2,20,21,22). The molecule has 1 rings (SSSR count). The largest absolute Gasteiger partial charge is 0.434 e. The molecule has 8 heteroatoms. The first kappa shape index (κ1) is 20.7. The third kappa shape index (κ3) is 7.82. The number of nitrogens with zero attached hydrogens (tertiary/aromatic N) is 2. The second kappa shape index (κ2) is 10.5. The number of aryl methyl sites for hydroxylation is 1. The Morgan fingerprint density at radius 2 is 2.04 bits per heavy atom. The van der Waals surface area contributed by atoms with Crippen molar-refractivity contribution < 1.29 is 18.3 Å². The normalized spacial score (nSPS) is 11.4. The predicted molar refractivity (Wildman–Crippen MR) is 93.9 cm³/mol. The topological polar surface area (TPSA) is 66.0 Å². The van der Waals surface area contributed by atoms with E-state index in [-0.39, 0.29) is 18.2 Å². The van der Waals surface area contributed by atoms with E-state index >= 15 is 0 Å². The quantitative estimate of drug-likeness (QED) is 0.553. The maximum atomic E-state index is 12.5. The summed E-state index contributed by atoms with van der Waals surface area (Å²) in [7, 11) is 3.40. The van der Waals surface area contributed by atoms with Crippen molar-refractivity contribution in [2.24, 2.45) is 4.99 Å². The number of halogens is 2. The van der Waals surface area contributed by atoms with Crippen LogP contribution in [-0.4, -0.2) is 50.6 Å². The van der Waals surface area contributed by atoms with Crippen molar-refractivity contribution in [2.75, 3.05) is 27.2 Å². The highest BCUT2D eigenvalue weighted by molar-refractivity contribution is 5.81. The van der Waals surface area contributed by atoms with Crippen LogP contribution >= 0.6 is 0 Å². The van der Waals surface area contributed by atoms with E-state index in [1.54, 1.807) is 26.2 Å². The average molecular weight is 356 g/mol.